The van der Waals surface area contributed by atoms with Gasteiger partial charge in [-0.2, -0.15) is 0 Å². The van der Waals surface area contributed by atoms with Crippen LogP contribution >= 0.6 is 0 Å². The molecule has 5 nitrogen and oxygen atoms in total. The van der Waals surface area contributed by atoms with E-state index in [-0.39, 0.29) is 17.6 Å². The van der Waals surface area contributed by atoms with Gasteiger partial charge in [0.15, 0.2) is 0 Å². The Bertz CT molecular complexity index is 515. The van der Waals surface area contributed by atoms with Crippen LogP contribution in [0.4, 0.5) is 14.9 Å². The smallest absolute Gasteiger partial charge is 0.319 e. The molecule has 2 rings (SSSR count). The fourth-order valence-electron chi connectivity index (χ4n) is 2.38. The molecule has 1 aliphatic rings. The number of anilines is 1. The Morgan fingerprint density at radius 2 is 1.90 bits per heavy atom. The molecule has 6 heteroatoms. The zero-order valence-electron chi connectivity index (χ0n) is 12.0. The molecule has 0 saturated heterocycles. The Hall–Kier alpha value is -2.11. The molecule has 114 valence electrons. The van der Waals surface area contributed by atoms with E-state index in [9.17, 15) is 14.0 Å². The van der Waals surface area contributed by atoms with Gasteiger partial charge in [0.05, 0.1) is 5.69 Å². The van der Waals surface area contributed by atoms with Crippen LogP contribution in [-0.4, -0.2) is 24.0 Å². The van der Waals surface area contributed by atoms with Crippen molar-refractivity contribution < 1.29 is 14.0 Å². The number of hydrogen-bond acceptors (Lipinski definition) is 2. The third-order valence-electron chi connectivity index (χ3n) is 3.56. The molecule has 0 heterocycles. The van der Waals surface area contributed by atoms with Gasteiger partial charge in [0.25, 0.3) is 0 Å². The van der Waals surface area contributed by atoms with Crippen molar-refractivity contribution in [2.75, 3.05) is 5.32 Å². The molecule has 1 aliphatic carbocycles. The lowest BCUT2D eigenvalue weighted by atomic mass is 10.2. The topological polar surface area (TPSA) is 70.2 Å². The second-order valence-corrected chi connectivity index (χ2v) is 5.29. The Balaban J connectivity index is 1.81. The van der Waals surface area contributed by atoms with E-state index < -0.39 is 17.9 Å². The van der Waals surface area contributed by atoms with Crippen molar-refractivity contribution in [3.63, 3.8) is 0 Å². The number of rotatable bonds is 4. The summed E-state index contributed by atoms with van der Waals surface area (Å²) in [5.74, 6) is -0.735. The van der Waals surface area contributed by atoms with E-state index in [0.29, 0.717) is 0 Å². The summed E-state index contributed by atoms with van der Waals surface area (Å²) in [5, 5.41) is 7.79. The van der Waals surface area contributed by atoms with Gasteiger partial charge in [-0.3, -0.25) is 4.79 Å². The molecule has 1 aromatic carbocycles. The van der Waals surface area contributed by atoms with Crippen molar-refractivity contribution in [1.82, 2.24) is 10.6 Å². The average molecular weight is 293 g/mol. The quantitative estimate of drug-likeness (QED) is 0.797. The van der Waals surface area contributed by atoms with E-state index in [1.54, 1.807) is 13.0 Å². The van der Waals surface area contributed by atoms with Crippen molar-refractivity contribution in [1.29, 1.82) is 0 Å². The number of para-hydroxylation sites is 1. The Morgan fingerprint density at radius 3 is 2.57 bits per heavy atom. The third-order valence-corrected chi connectivity index (χ3v) is 3.56. The number of carbonyl (C=O) groups is 2. The van der Waals surface area contributed by atoms with Gasteiger partial charge < -0.3 is 16.0 Å². The summed E-state index contributed by atoms with van der Waals surface area (Å²) in [4.78, 5) is 23.7. The van der Waals surface area contributed by atoms with E-state index in [4.69, 9.17) is 0 Å². The summed E-state index contributed by atoms with van der Waals surface area (Å²) < 4.78 is 13.4. The fraction of sp³-hybridized carbons (Fsp3) is 0.467. The normalized spacial score (nSPS) is 16.3. The monoisotopic (exact) mass is 293 g/mol. The predicted octanol–water partition coefficient (Wildman–Crippen LogP) is 2.39. The first kappa shape index (κ1) is 15.3. The van der Waals surface area contributed by atoms with Gasteiger partial charge >= 0.3 is 6.03 Å². The van der Waals surface area contributed by atoms with E-state index in [1.807, 2.05) is 0 Å². The van der Waals surface area contributed by atoms with Gasteiger partial charge in [-0.1, -0.05) is 25.0 Å². The molecule has 3 N–H and O–H groups in total. The average Bonchev–Trinajstić information content (AvgIpc) is 2.94. The van der Waals surface area contributed by atoms with Crippen LogP contribution < -0.4 is 16.0 Å². The molecule has 1 fully saturated rings. The molecular weight excluding hydrogens is 273 g/mol. The first-order chi connectivity index (χ1) is 10.1. The first-order valence-electron chi connectivity index (χ1n) is 7.18. The first-order valence-corrected chi connectivity index (χ1v) is 7.18. The van der Waals surface area contributed by atoms with Gasteiger partial charge in [-0.15, -0.1) is 0 Å². The zero-order valence-corrected chi connectivity index (χ0v) is 12.0. The molecule has 3 amide bonds. The van der Waals surface area contributed by atoms with E-state index in [2.05, 4.69) is 16.0 Å². The number of nitrogens with one attached hydrogen (secondary N) is 3. The van der Waals surface area contributed by atoms with E-state index in [0.717, 1.165) is 25.7 Å². The lowest BCUT2D eigenvalue weighted by Crippen LogP contribution is -2.48. The Morgan fingerprint density at radius 1 is 1.24 bits per heavy atom. The molecule has 1 saturated carbocycles. The molecule has 0 bridgehead atoms. The van der Waals surface area contributed by atoms with Crippen LogP contribution in [0.5, 0.6) is 0 Å². The maximum Gasteiger partial charge on any atom is 0.319 e. The number of urea groups is 1. The van der Waals surface area contributed by atoms with Gasteiger partial charge in [-0.25, -0.2) is 9.18 Å². The summed E-state index contributed by atoms with van der Waals surface area (Å²) >= 11 is 0. The van der Waals surface area contributed by atoms with Crippen molar-refractivity contribution in [2.24, 2.45) is 0 Å². The number of amides is 3. The van der Waals surface area contributed by atoms with Gasteiger partial charge in [0.2, 0.25) is 5.91 Å². The summed E-state index contributed by atoms with van der Waals surface area (Å²) in [5.41, 5.74) is 0.0819. The predicted molar refractivity (Wildman–Crippen MR) is 78.4 cm³/mol. The van der Waals surface area contributed by atoms with Crippen LogP contribution in [0.25, 0.3) is 0 Å². The van der Waals surface area contributed by atoms with E-state index >= 15 is 0 Å². The highest BCUT2D eigenvalue weighted by atomic mass is 19.1. The van der Waals surface area contributed by atoms with Crippen LogP contribution in [0.3, 0.4) is 0 Å². The maximum atomic E-state index is 13.4. The second-order valence-electron chi connectivity index (χ2n) is 5.29. The number of benzene rings is 1. The third kappa shape index (κ3) is 4.44. The zero-order chi connectivity index (χ0) is 15.2. The fourth-order valence-corrected chi connectivity index (χ4v) is 2.38. The van der Waals surface area contributed by atoms with Crippen molar-refractivity contribution in [3.05, 3.63) is 30.1 Å². The molecule has 21 heavy (non-hydrogen) atoms. The number of carbonyl (C=O) groups excluding carboxylic acids is 2. The lowest BCUT2D eigenvalue weighted by molar-refractivity contribution is -0.123. The molecule has 1 atom stereocenters. The molecule has 0 aromatic heterocycles. The molecule has 0 spiro atoms. The summed E-state index contributed by atoms with van der Waals surface area (Å²) in [6.45, 7) is 1.60. The van der Waals surface area contributed by atoms with E-state index in [1.165, 1.54) is 18.2 Å². The summed E-state index contributed by atoms with van der Waals surface area (Å²) in [6, 6.07) is 4.80. The molecule has 0 radical (unpaired) electrons. The number of hydrogen-bond donors (Lipinski definition) is 3. The highest BCUT2D eigenvalue weighted by Gasteiger charge is 2.21. The highest BCUT2D eigenvalue weighted by molar-refractivity contribution is 5.93. The standard InChI is InChI=1S/C15H20FN3O2/c1-10(14(20)18-11-6-2-3-7-11)17-15(21)19-13-9-5-4-8-12(13)16/h4-5,8-11H,2-3,6-7H2,1H3,(H,18,20)(H2,17,19,21)/t10-/m1/s1. The van der Waals surface area contributed by atoms with Crippen LogP contribution in [0, 0.1) is 5.82 Å². The Labute approximate surface area is 123 Å². The van der Waals surface area contributed by atoms with Gasteiger partial charge in [-0.05, 0) is 31.9 Å². The number of halogens is 1. The molecule has 0 unspecified atom stereocenters. The summed E-state index contributed by atoms with van der Waals surface area (Å²) in [7, 11) is 0. The van der Waals surface area contributed by atoms with Crippen molar-refractivity contribution in [2.45, 2.75) is 44.7 Å². The lowest BCUT2D eigenvalue weighted by Gasteiger charge is -2.18. The van der Waals surface area contributed by atoms with Crippen molar-refractivity contribution >= 4 is 17.6 Å². The minimum absolute atomic E-state index is 0.0819. The molecular formula is C15H20FN3O2. The second kappa shape index (κ2) is 7.06. The van der Waals surface area contributed by atoms with Crippen molar-refractivity contribution in [3.8, 4) is 0 Å². The Kier molecular flexibility index (Phi) is 5.14. The largest absolute Gasteiger partial charge is 0.352 e. The van der Waals surface area contributed by atoms with Gasteiger partial charge in [0, 0.05) is 6.04 Å². The van der Waals surface area contributed by atoms with Gasteiger partial charge in [0.1, 0.15) is 11.9 Å². The SMILES string of the molecule is C[C@@H](NC(=O)Nc1ccccc1F)C(=O)NC1CCCC1. The van der Waals surface area contributed by atoms with Crippen LogP contribution in [0.1, 0.15) is 32.6 Å². The molecule has 0 aliphatic heterocycles. The highest BCUT2D eigenvalue weighted by Crippen LogP contribution is 2.17. The van der Waals surface area contributed by atoms with Crippen LogP contribution in [0.2, 0.25) is 0 Å². The minimum atomic E-state index is -0.669. The van der Waals surface area contributed by atoms with Crippen LogP contribution in [0.15, 0.2) is 24.3 Å². The summed E-state index contributed by atoms with van der Waals surface area (Å²) in [6.07, 6.45) is 4.22. The molecule has 1 aromatic rings. The maximum absolute atomic E-state index is 13.4. The van der Waals surface area contributed by atoms with Crippen LogP contribution in [-0.2, 0) is 4.79 Å². The minimum Gasteiger partial charge on any atom is -0.352 e.